The van der Waals surface area contributed by atoms with Crippen molar-refractivity contribution in [3.8, 4) is 0 Å². The van der Waals surface area contributed by atoms with E-state index in [9.17, 15) is 9.59 Å². The highest BCUT2D eigenvalue weighted by atomic mass is 16.5. The predicted octanol–water partition coefficient (Wildman–Crippen LogP) is 1.99. The summed E-state index contributed by atoms with van der Waals surface area (Å²) in [4.78, 5) is 28.9. The van der Waals surface area contributed by atoms with Crippen molar-refractivity contribution in [3.05, 3.63) is 35.9 Å². The molecule has 3 aliphatic rings. The summed E-state index contributed by atoms with van der Waals surface area (Å²) in [5.74, 6) is 0.0826. The molecule has 24 heavy (non-hydrogen) atoms. The molecule has 5 heteroatoms. The normalized spacial score (nSPS) is 30.7. The van der Waals surface area contributed by atoms with Crippen molar-refractivity contribution in [1.82, 2.24) is 9.80 Å². The van der Waals surface area contributed by atoms with Crippen LogP contribution in [0.15, 0.2) is 30.3 Å². The zero-order chi connectivity index (χ0) is 16.7. The van der Waals surface area contributed by atoms with Crippen molar-refractivity contribution < 1.29 is 14.3 Å². The molecule has 1 aromatic carbocycles. The Hall–Kier alpha value is -1.88. The first-order valence-corrected chi connectivity index (χ1v) is 8.90. The molecule has 3 fully saturated rings. The van der Waals surface area contributed by atoms with Crippen LogP contribution < -0.4 is 0 Å². The minimum atomic E-state index is -0.181. The zero-order valence-electron chi connectivity index (χ0n) is 14.1. The van der Waals surface area contributed by atoms with Crippen LogP contribution >= 0.6 is 0 Å². The molecule has 1 aliphatic carbocycles. The summed E-state index contributed by atoms with van der Waals surface area (Å²) in [5, 5.41) is 0. The Kier molecular flexibility index (Phi) is 4.04. The molecule has 3 atom stereocenters. The molecule has 2 amide bonds. The highest BCUT2D eigenvalue weighted by molar-refractivity contribution is 5.89. The maximum atomic E-state index is 12.9. The van der Waals surface area contributed by atoms with Gasteiger partial charge in [-0.1, -0.05) is 30.3 Å². The van der Waals surface area contributed by atoms with Gasteiger partial charge in [0.2, 0.25) is 11.8 Å². The Bertz CT molecular complexity index is 629. The molecule has 0 bridgehead atoms. The molecule has 128 valence electrons. The summed E-state index contributed by atoms with van der Waals surface area (Å²) < 4.78 is 6.03. The SMILES string of the molecule is C[C@@H]1CN(C(=O)[C@@H]2CC(=O)N(C3CC3)C2)C[C@H](c2ccccc2)O1. The molecule has 4 rings (SSSR count). The molecule has 2 aliphatic heterocycles. The fourth-order valence-electron chi connectivity index (χ4n) is 3.88. The number of rotatable bonds is 3. The van der Waals surface area contributed by atoms with Gasteiger partial charge in [-0.25, -0.2) is 0 Å². The second-order valence-electron chi connectivity index (χ2n) is 7.27. The van der Waals surface area contributed by atoms with E-state index in [1.165, 1.54) is 0 Å². The Labute approximate surface area is 142 Å². The summed E-state index contributed by atoms with van der Waals surface area (Å²) in [6, 6.07) is 10.4. The molecule has 5 nitrogen and oxygen atoms in total. The highest BCUT2D eigenvalue weighted by Crippen LogP contribution is 2.34. The van der Waals surface area contributed by atoms with Crippen molar-refractivity contribution in [1.29, 1.82) is 0 Å². The second kappa shape index (κ2) is 6.20. The fraction of sp³-hybridized carbons (Fsp3) is 0.579. The minimum Gasteiger partial charge on any atom is -0.367 e. The lowest BCUT2D eigenvalue weighted by Crippen LogP contribution is -2.48. The summed E-state index contributed by atoms with van der Waals surface area (Å²) in [6.45, 7) is 3.79. The number of likely N-dealkylation sites (tertiary alicyclic amines) is 1. The molecular weight excluding hydrogens is 304 g/mol. The van der Waals surface area contributed by atoms with Crippen LogP contribution in [0.3, 0.4) is 0 Å². The smallest absolute Gasteiger partial charge is 0.228 e. The Morgan fingerprint density at radius 3 is 2.58 bits per heavy atom. The quantitative estimate of drug-likeness (QED) is 0.852. The number of hydrogen-bond donors (Lipinski definition) is 0. The molecular formula is C19H24N2O3. The van der Waals surface area contributed by atoms with Crippen LogP contribution in [0.5, 0.6) is 0 Å². The van der Waals surface area contributed by atoms with Gasteiger partial charge in [0.05, 0.1) is 18.6 Å². The molecule has 0 unspecified atom stereocenters. The molecule has 1 aromatic rings. The van der Waals surface area contributed by atoms with Crippen LogP contribution in [0, 0.1) is 5.92 Å². The van der Waals surface area contributed by atoms with E-state index in [2.05, 4.69) is 0 Å². The average molecular weight is 328 g/mol. The maximum Gasteiger partial charge on any atom is 0.228 e. The standard InChI is InChI=1S/C19H24N2O3/c1-13-10-20(12-17(24-13)14-5-3-2-4-6-14)19(23)15-9-18(22)21(11-15)16-7-8-16/h2-6,13,15-17H,7-12H2,1H3/t13-,15-,17-/m1/s1. The van der Waals surface area contributed by atoms with Gasteiger partial charge in [0.15, 0.2) is 0 Å². The van der Waals surface area contributed by atoms with E-state index in [-0.39, 0.29) is 29.9 Å². The summed E-state index contributed by atoms with van der Waals surface area (Å²) >= 11 is 0. The van der Waals surface area contributed by atoms with Crippen LogP contribution in [-0.4, -0.2) is 53.4 Å². The largest absolute Gasteiger partial charge is 0.367 e. The fourth-order valence-corrected chi connectivity index (χ4v) is 3.88. The number of carbonyl (C=O) groups is 2. The lowest BCUT2D eigenvalue weighted by atomic mass is 10.0. The second-order valence-corrected chi connectivity index (χ2v) is 7.27. The van der Waals surface area contributed by atoms with Gasteiger partial charge < -0.3 is 14.5 Å². The number of amides is 2. The number of benzene rings is 1. The number of nitrogens with zero attached hydrogens (tertiary/aromatic N) is 2. The lowest BCUT2D eigenvalue weighted by molar-refractivity contribution is -0.148. The van der Waals surface area contributed by atoms with Gasteiger partial charge in [-0.3, -0.25) is 9.59 Å². The van der Waals surface area contributed by atoms with E-state index in [0.717, 1.165) is 18.4 Å². The van der Waals surface area contributed by atoms with Crippen molar-refractivity contribution >= 4 is 11.8 Å². The van der Waals surface area contributed by atoms with Crippen molar-refractivity contribution in [3.63, 3.8) is 0 Å². The van der Waals surface area contributed by atoms with Crippen LogP contribution in [0.4, 0.5) is 0 Å². The first kappa shape index (κ1) is 15.6. The van der Waals surface area contributed by atoms with Gasteiger partial charge in [0, 0.05) is 25.6 Å². The minimum absolute atomic E-state index is 0.00421. The first-order valence-electron chi connectivity index (χ1n) is 8.90. The van der Waals surface area contributed by atoms with Gasteiger partial charge in [-0.2, -0.15) is 0 Å². The lowest BCUT2D eigenvalue weighted by Gasteiger charge is -2.38. The molecule has 2 saturated heterocycles. The Balaban J connectivity index is 1.45. The summed E-state index contributed by atoms with van der Waals surface area (Å²) in [5.41, 5.74) is 1.10. The van der Waals surface area contributed by atoms with Crippen LogP contribution in [-0.2, 0) is 14.3 Å². The molecule has 0 aromatic heterocycles. The topological polar surface area (TPSA) is 49.9 Å². The highest BCUT2D eigenvalue weighted by Gasteiger charge is 2.43. The number of hydrogen-bond acceptors (Lipinski definition) is 3. The predicted molar refractivity (Wildman–Crippen MR) is 89.2 cm³/mol. The maximum absolute atomic E-state index is 12.9. The van der Waals surface area contributed by atoms with E-state index in [1.807, 2.05) is 47.1 Å². The molecule has 0 radical (unpaired) electrons. The van der Waals surface area contributed by atoms with Gasteiger partial charge in [-0.15, -0.1) is 0 Å². The zero-order valence-corrected chi connectivity index (χ0v) is 14.1. The third kappa shape index (κ3) is 3.05. The Morgan fingerprint density at radius 2 is 1.88 bits per heavy atom. The monoisotopic (exact) mass is 328 g/mol. The van der Waals surface area contributed by atoms with Crippen LogP contribution in [0.2, 0.25) is 0 Å². The van der Waals surface area contributed by atoms with Gasteiger partial charge >= 0.3 is 0 Å². The van der Waals surface area contributed by atoms with E-state index in [1.54, 1.807) is 0 Å². The van der Waals surface area contributed by atoms with Crippen molar-refractivity contribution in [2.24, 2.45) is 5.92 Å². The molecule has 2 heterocycles. The third-order valence-corrected chi connectivity index (χ3v) is 5.24. The number of morpholine rings is 1. The van der Waals surface area contributed by atoms with Gasteiger partial charge in [0.1, 0.15) is 6.10 Å². The Morgan fingerprint density at radius 1 is 1.12 bits per heavy atom. The van der Waals surface area contributed by atoms with E-state index in [0.29, 0.717) is 32.1 Å². The molecule has 0 N–H and O–H groups in total. The van der Waals surface area contributed by atoms with E-state index >= 15 is 0 Å². The summed E-state index contributed by atoms with van der Waals surface area (Å²) in [6.07, 6.45) is 2.48. The van der Waals surface area contributed by atoms with Crippen molar-refractivity contribution in [2.75, 3.05) is 19.6 Å². The van der Waals surface area contributed by atoms with Crippen LogP contribution in [0.1, 0.15) is 37.9 Å². The molecule has 0 spiro atoms. The third-order valence-electron chi connectivity index (χ3n) is 5.24. The summed E-state index contributed by atoms with van der Waals surface area (Å²) in [7, 11) is 0. The van der Waals surface area contributed by atoms with E-state index < -0.39 is 0 Å². The van der Waals surface area contributed by atoms with Crippen molar-refractivity contribution in [2.45, 2.75) is 44.4 Å². The number of ether oxygens (including phenoxy) is 1. The van der Waals surface area contributed by atoms with Gasteiger partial charge in [0.25, 0.3) is 0 Å². The number of carbonyl (C=O) groups excluding carboxylic acids is 2. The van der Waals surface area contributed by atoms with Gasteiger partial charge in [-0.05, 0) is 25.3 Å². The first-order chi connectivity index (χ1) is 11.6. The van der Waals surface area contributed by atoms with Crippen LogP contribution in [0.25, 0.3) is 0 Å². The molecule has 1 saturated carbocycles. The average Bonchev–Trinajstić information content (AvgIpc) is 3.36. The van der Waals surface area contributed by atoms with E-state index in [4.69, 9.17) is 4.74 Å².